The zero-order valence-corrected chi connectivity index (χ0v) is 15.4. The fourth-order valence-electron chi connectivity index (χ4n) is 3.86. The van der Waals surface area contributed by atoms with Gasteiger partial charge in [-0.15, -0.1) is 0 Å². The summed E-state index contributed by atoms with van der Waals surface area (Å²) in [5, 5.41) is 2.79. The van der Waals surface area contributed by atoms with E-state index in [-0.39, 0.29) is 11.6 Å². The largest absolute Gasteiger partial charge is 0.435 e. The molecular formula is C19H19F3N6O. The minimum atomic E-state index is -4.74. The number of para-hydroxylation sites is 1. The third-order valence-electron chi connectivity index (χ3n) is 5.30. The summed E-state index contributed by atoms with van der Waals surface area (Å²) < 4.78 is 42.4. The van der Waals surface area contributed by atoms with Gasteiger partial charge in [-0.1, -0.05) is 37.5 Å². The molecule has 3 N–H and O–H groups in total. The molecule has 1 amide bonds. The Kier molecular flexibility index (Phi) is 4.64. The number of nitrogens with zero attached hydrogens (tertiary/aromatic N) is 4. The van der Waals surface area contributed by atoms with Crippen molar-refractivity contribution >= 4 is 28.7 Å². The number of rotatable bonds is 4. The van der Waals surface area contributed by atoms with Crippen molar-refractivity contribution in [1.29, 1.82) is 0 Å². The molecule has 3 aromatic rings. The number of benzene rings is 1. The molecule has 1 aromatic carbocycles. The summed E-state index contributed by atoms with van der Waals surface area (Å²) in [6.07, 6.45) is -0.229. The van der Waals surface area contributed by atoms with Crippen LogP contribution in [0.4, 0.5) is 24.8 Å². The van der Waals surface area contributed by atoms with Gasteiger partial charge in [0.05, 0.1) is 6.33 Å². The Bertz CT molecular complexity index is 1040. The number of alkyl halides is 3. The summed E-state index contributed by atoms with van der Waals surface area (Å²) in [5.74, 6) is -0.825. The van der Waals surface area contributed by atoms with E-state index >= 15 is 0 Å². The second kappa shape index (κ2) is 7.02. The molecule has 152 valence electrons. The number of carbonyl (C=O) groups excluding carboxylic acids is 1. The van der Waals surface area contributed by atoms with Crippen LogP contribution in [-0.2, 0) is 16.5 Å². The average Bonchev–Trinajstić information content (AvgIpc) is 3.12. The number of aromatic nitrogens is 4. The third-order valence-corrected chi connectivity index (χ3v) is 5.30. The van der Waals surface area contributed by atoms with Gasteiger partial charge in [-0.2, -0.15) is 18.2 Å². The number of nitrogens with one attached hydrogen (secondary N) is 1. The van der Waals surface area contributed by atoms with Crippen LogP contribution in [0.3, 0.4) is 0 Å². The molecule has 0 radical (unpaired) electrons. The molecular weight excluding hydrogens is 385 g/mol. The highest BCUT2D eigenvalue weighted by atomic mass is 19.4. The average molecular weight is 404 g/mol. The van der Waals surface area contributed by atoms with E-state index in [4.69, 9.17) is 5.73 Å². The lowest BCUT2D eigenvalue weighted by Crippen LogP contribution is -2.47. The molecule has 4 rings (SSSR count). The number of amides is 1. The summed E-state index contributed by atoms with van der Waals surface area (Å²) in [7, 11) is 0. The number of primary amides is 1. The second-order valence-corrected chi connectivity index (χ2v) is 7.13. The molecule has 0 spiro atoms. The maximum atomic E-state index is 13.7. The number of hydrogen-bond donors (Lipinski definition) is 2. The van der Waals surface area contributed by atoms with Gasteiger partial charge in [0, 0.05) is 5.69 Å². The smallest absolute Gasteiger partial charge is 0.368 e. The van der Waals surface area contributed by atoms with Crippen molar-refractivity contribution in [1.82, 2.24) is 19.5 Å². The lowest BCUT2D eigenvalue weighted by Gasteiger charge is -2.35. The third kappa shape index (κ3) is 3.39. The van der Waals surface area contributed by atoms with E-state index in [1.54, 1.807) is 30.3 Å². The first-order chi connectivity index (χ1) is 13.8. The van der Waals surface area contributed by atoms with Gasteiger partial charge in [-0.25, -0.2) is 9.97 Å². The van der Waals surface area contributed by atoms with Crippen molar-refractivity contribution < 1.29 is 18.0 Å². The first-order valence-corrected chi connectivity index (χ1v) is 9.26. The molecule has 0 aliphatic heterocycles. The van der Waals surface area contributed by atoms with Gasteiger partial charge in [-0.05, 0) is 25.0 Å². The molecule has 0 atom stereocenters. The molecule has 0 bridgehead atoms. The minimum absolute atomic E-state index is 0.0635. The van der Waals surface area contributed by atoms with Crippen molar-refractivity contribution in [3.8, 4) is 0 Å². The van der Waals surface area contributed by atoms with Crippen LogP contribution in [0, 0.1) is 0 Å². The summed E-state index contributed by atoms with van der Waals surface area (Å²) in [5.41, 5.74) is 3.47. The van der Waals surface area contributed by atoms with E-state index < -0.39 is 28.8 Å². The Balaban J connectivity index is 1.91. The number of hydrogen-bond acceptors (Lipinski definition) is 5. The van der Waals surface area contributed by atoms with Crippen molar-refractivity contribution in [3.63, 3.8) is 0 Å². The molecule has 1 saturated carbocycles. The van der Waals surface area contributed by atoms with Gasteiger partial charge in [0.1, 0.15) is 11.1 Å². The van der Waals surface area contributed by atoms with E-state index in [0.717, 1.165) is 19.3 Å². The number of fused-ring (bicyclic) bond motifs is 1. The Hall–Kier alpha value is -3.17. The molecule has 1 aliphatic rings. The van der Waals surface area contributed by atoms with E-state index in [0.29, 0.717) is 18.5 Å². The zero-order chi connectivity index (χ0) is 20.6. The summed E-state index contributed by atoms with van der Waals surface area (Å²) in [6, 6.07) is 8.62. The van der Waals surface area contributed by atoms with E-state index in [1.807, 2.05) is 0 Å². The molecule has 0 saturated heterocycles. The highest BCUT2D eigenvalue weighted by molar-refractivity contribution is 5.86. The predicted octanol–water partition coefficient (Wildman–Crippen LogP) is 3.73. The van der Waals surface area contributed by atoms with Crippen LogP contribution >= 0.6 is 0 Å². The van der Waals surface area contributed by atoms with Crippen LogP contribution in [0.2, 0.25) is 0 Å². The fourth-order valence-corrected chi connectivity index (χ4v) is 3.86. The van der Waals surface area contributed by atoms with Crippen LogP contribution in [0.15, 0.2) is 36.7 Å². The highest BCUT2D eigenvalue weighted by Gasteiger charge is 2.43. The van der Waals surface area contributed by atoms with Crippen molar-refractivity contribution in [2.75, 3.05) is 5.32 Å². The Morgan fingerprint density at radius 1 is 1.10 bits per heavy atom. The van der Waals surface area contributed by atoms with Gasteiger partial charge in [0.2, 0.25) is 11.9 Å². The maximum absolute atomic E-state index is 13.7. The van der Waals surface area contributed by atoms with Crippen LogP contribution in [0.5, 0.6) is 0 Å². The van der Waals surface area contributed by atoms with Crippen LogP contribution < -0.4 is 11.1 Å². The van der Waals surface area contributed by atoms with Gasteiger partial charge < -0.3 is 11.1 Å². The van der Waals surface area contributed by atoms with Crippen LogP contribution in [-0.4, -0.2) is 25.4 Å². The minimum Gasteiger partial charge on any atom is -0.368 e. The first kappa shape index (κ1) is 19.2. The number of anilines is 2. The monoisotopic (exact) mass is 404 g/mol. The maximum Gasteiger partial charge on any atom is 0.435 e. The molecule has 2 heterocycles. The summed E-state index contributed by atoms with van der Waals surface area (Å²) in [4.78, 5) is 24.2. The standard InChI is InChI=1S/C19H19F3N6O/c20-19(21,22)14-13-15(27-17(26-14)25-12-7-3-1-4-8-12)28(11-24-13)18(16(23)29)9-5-2-6-10-18/h1,3-4,7-8,11H,2,5-6,9-10H2,(H2,23,29)(H,25,26,27). The van der Waals surface area contributed by atoms with Crippen LogP contribution in [0.1, 0.15) is 37.8 Å². The Morgan fingerprint density at radius 3 is 2.41 bits per heavy atom. The van der Waals surface area contributed by atoms with E-state index in [2.05, 4.69) is 20.3 Å². The lowest BCUT2D eigenvalue weighted by atomic mass is 9.81. The topological polar surface area (TPSA) is 98.7 Å². The number of halogens is 3. The van der Waals surface area contributed by atoms with Crippen molar-refractivity contribution in [3.05, 3.63) is 42.4 Å². The van der Waals surface area contributed by atoms with Gasteiger partial charge >= 0.3 is 6.18 Å². The molecule has 7 nitrogen and oxygen atoms in total. The quantitative estimate of drug-likeness (QED) is 0.690. The number of nitrogens with two attached hydrogens (primary N) is 1. The van der Waals surface area contributed by atoms with Crippen molar-refractivity contribution in [2.45, 2.75) is 43.8 Å². The van der Waals surface area contributed by atoms with Gasteiger partial charge in [0.25, 0.3) is 0 Å². The number of imidazole rings is 1. The first-order valence-electron chi connectivity index (χ1n) is 9.26. The normalized spacial score (nSPS) is 16.7. The van der Waals surface area contributed by atoms with Gasteiger partial charge in [0.15, 0.2) is 11.3 Å². The lowest BCUT2D eigenvalue weighted by molar-refractivity contribution is -0.139. The van der Waals surface area contributed by atoms with Crippen molar-refractivity contribution in [2.24, 2.45) is 5.73 Å². The molecule has 10 heteroatoms. The van der Waals surface area contributed by atoms with Gasteiger partial charge in [-0.3, -0.25) is 9.36 Å². The number of carbonyl (C=O) groups is 1. The predicted molar refractivity (Wildman–Crippen MR) is 100 cm³/mol. The zero-order valence-electron chi connectivity index (χ0n) is 15.4. The molecule has 29 heavy (non-hydrogen) atoms. The fraction of sp³-hybridized carbons (Fsp3) is 0.368. The van der Waals surface area contributed by atoms with E-state index in [9.17, 15) is 18.0 Å². The van der Waals surface area contributed by atoms with E-state index in [1.165, 1.54) is 10.9 Å². The van der Waals surface area contributed by atoms with Crippen LogP contribution in [0.25, 0.3) is 11.2 Å². The summed E-state index contributed by atoms with van der Waals surface area (Å²) >= 11 is 0. The second-order valence-electron chi connectivity index (χ2n) is 7.13. The highest BCUT2D eigenvalue weighted by Crippen LogP contribution is 2.39. The Labute approximate surface area is 164 Å². The summed E-state index contributed by atoms with van der Waals surface area (Å²) in [6.45, 7) is 0. The Morgan fingerprint density at radius 2 is 1.79 bits per heavy atom. The molecule has 0 unspecified atom stereocenters. The molecule has 1 fully saturated rings. The molecule has 2 aromatic heterocycles. The molecule has 1 aliphatic carbocycles. The SMILES string of the molecule is NC(=O)C1(n2cnc3c(C(F)(F)F)nc(Nc4ccccc4)nc32)CCCCC1.